The fourth-order valence-electron chi connectivity index (χ4n) is 3.87. The largest absolute Gasteiger partial charge is 0.421 e. The van der Waals surface area contributed by atoms with Gasteiger partial charge in [-0.15, -0.1) is 16.6 Å². The molecule has 0 aliphatic rings. The number of para-hydroxylation sites is 1. The summed E-state index contributed by atoms with van der Waals surface area (Å²) in [5.74, 6) is 4.13. The lowest BCUT2D eigenvalue weighted by Crippen LogP contribution is -2.28. The standard InChI is InChI=1S/C25H20N8O2/c1-4-16-9-8-12-18-19(16)25(34)33(17-10-6-5-7-11-17)23(30-18)14(2)29-22-20(21(26)27-13-28-22)24-32-31-15(3)35-24/h1,5-14H,2-3H3,(H3,26,27,28,29). The molecule has 0 spiro atoms. The Hall–Kier alpha value is -5.04. The van der Waals surface area contributed by atoms with Crippen molar-refractivity contribution in [3.05, 3.63) is 82.5 Å². The number of anilines is 2. The molecule has 0 aliphatic heterocycles. The normalized spacial score (nSPS) is 11.8. The van der Waals surface area contributed by atoms with Gasteiger partial charge in [-0.25, -0.2) is 15.0 Å². The number of nitrogens with one attached hydrogen (secondary N) is 1. The Morgan fingerprint density at radius 2 is 1.91 bits per heavy atom. The fourth-order valence-corrected chi connectivity index (χ4v) is 3.87. The molecule has 2 aromatic carbocycles. The van der Waals surface area contributed by atoms with Crippen LogP contribution in [-0.4, -0.2) is 29.7 Å². The van der Waals surface area contributed by atoms with Crippen LogP contribution < -0.4 is 16.6 Å². The summed E-state index contributed by atoms with van der Waals surface area (Å²) in [5, 5.41) is 11.6. The first-order valence-corrected chi connectivity index (χ1v) is 10.7. The average molecular weight is 464 g/mol. The summed E-state index contributed by atoms with van der Waals surface area (Å²) >= 11 is 0. The zero-order chi connectivity index (χ0) is 24.5. The van der Waals surface area contributed by atoms with Gasteiger partial charge < -0.3 is 15.5 Å². The molecule has 35 heavy (non-hydrogen) atoms. The van der Waals surface area contributed by atoms with E-state index < -0.39 is 6.04 Å². The number of rotatable bonds is 5. The van der Waals surface area contributed by atoms with E-state index in [2.05, 4.69) is 31.4 Å². The van der Waals surface area contributed by atoms with Crippen molar-refractivity contribution in [2.24, 2.45) is 0 Å². The highest BCUT2D eigenvalue weighted by Gasteiger charge is 2.23. The minimum absolute atomic E-state index is 0.170. The van der Waals surface area contributed by atoms with Crippen molar-refractivity contribution in [3.63, 3.8) is 0 Å². The van der Waals surface area contributed by atoms with Crippen molar-refractivity contribution in [1.82, 2.24) is 29.7 Å². The molecule has 0 saturated carbocycles. The number of aromatic nitrogens is 6. The Morgan fingerprint density at radius 3 is 2.63 bits per heavy atom. The van der Waals surface area contributed by atoms with Crippen molar-refractivity contribution in [3.8, 4) is 29.5 Å². The van der Waals surface area contributed by atoms with Crippen molar-refractivity contribution >= 4 is 22.5 Å². The lowest BCUT2D eigenvalue weighted by atomic mass is 10.1. The maximum atomic E-state index is 13.8. The van der Waals surface area contributed by atoms with Gasteiger partial charge in [-0.3, -0.25) is 9.36 Å². The SMILES string of the molecule is C#Cc1cccc2nc(C(C)Nc3ncnc(N)c3-c3nnc(C)o3)n(-c3ccccc3)c(=O)c12. The third-order valence-electron chi connectivity index (χ3n) is 5.45. The van der Waals surface area contributed by atoms with E-state index >= 15 is 0 Å². The Morgan fingerprint density at radius 1 is 1.11 bits per heavy atom. The van der Waals surface area contributed by atoms with Crippen LogP contribution in [0, 0.1) is 19.3 Å². The second-order valence-corrected chi connectivity index (χ2v) is 7.76. The molecule has 10 nitrogen and oxygen atoms in total. The summed E-state index contributed by atoms with van der Waals surface area (Å²) in [7, 11) is 0. The van der Waals surface area contributed by atoms with Crippen LogP contribution in [0.3, 0.4) is 0 Å². The zero-order valence-electron chi connectivity index (χ0n) is 18.9. The Kier molecular flexibility index (Phi) is 5.43. The molecule has 5 rings (SSSR count). The molecule has 0 aliphatic carbocycles. The van der Waals surface area contributed by atoms with Crippen molar-refractivity contribution < 1.29 is 4.42 Å². The van der Waals surface area contributed by atoms with Gasteiger partial charge in [0.25, 0.3) is 11.4 Å². The molecular formula is C25H20N8O2. The van der Waals surface area contributed by atoms with E-state index in [1.807, 2.05) is 37.3 Å². The van der Waals surface area contributed by atoms with Crippen LogP contribution in [-0.2, 0) is 0 Å². The van der Waals surface area contributed by atoms with Gasteiger partial charge in [-0.1, -0.05) is 30.2 Å². The molecule has 1 atom stereocenters. The topological polar surface area (TPSA) is 138 Å². The first-order valence-electron chi connectivity index (χ1n) is 10.7. The first kappa shape index (κ1) is 21.8. The second kappa shape index (κ2) is 8.72. The molecule has 0 bridgehead atoms. The number of nitrogens with zero attached hydrogens (tertiary/aromatic N) is 6. The van der Waals surface area contributed by atoms with Gasteiger partial charge in [0, 0.05) is 12.5 Å². The van der Waals surface area contributed by atoms with Crippen LogP contribution in [0.4, 0.5) is 11.6 Å². The van der Waals surface area contributed by atoms with Gasteiger partial charge in [0.05, 0.1) is 22.6 Å². The van der Waals surface area contributed by atoms with Crippen LogP contribution in [0.25, 0.3) is 28.0 Å². The number of benzene rings is 2. The summed E-state index contributed by atoms with van der Waals surface area (Å²) in [4.78, 5) is 27.0. The van der Waals surface area contributed by atoms with Gasteiger partial charge in [0.2, 0.25) is 5.89 Å². The van der Waals surface area contributed by atoms with E-state index in [0.717, 1.165) is 0 Å². The van der Waals surface area contributed by atoms with E-state index in [-0.39, 0.29) is 17.3 Å². The average Bonchev–Trinajstić information content (AvgIpc) is 3.29. The number of hydrogen-bond acceptors (Lipinski definition) is 9. The van der Waals surface area contributed by atoms with Crippen molar-refractivity contribution in [2.45, 2.75) is 19.9 Å². The summed E-state index contributed by atoms with van der Waals surface area (Å²) in [5.41, 5.74) is 7.84. The monoisotopic (exact) mass is 464 g/mol. The van der Waals surface area contributed by atoms with Crippen LogP contribution in [0.1, 0.15) is 30.2 Å². The Balaban J connectivity index is 1.69. The summed E-state index contributed by atoms with van der Waals surface area (Å²) in [6.07, 6.45) is 7.00. The van der Waals surface area contributed by atoms with Crippen molar-refractivity contribution in [1.29, 1.82) is 0 Å². The number of aryl methyl sites for hydroxylation is 1. The van der Waals surface area contributed by atoms with Crippen LogP contribution in [0.15, 0.2) is 64.1 Å². The van der Waals surface area contributed by atoms with Gasteiger partial charge >= 0.3 is 0 Å². The van der Waals surface area contributed by atoms with Crippen molar-refractivity contribution in [2.75, 3.05) is 11.1 Å². The van der Waals surface area contributed by atoms with E-state index in [0.29, 0.717) is 45.3 Å². The smallest absolute Gasteiger partial charge is 0.267 e. The minimum atomic E-state index is -0.501. The Labute approximate surface area is 199 Å². The van der Waals surface area contributed by atoms with Gasteiger partial charge in [-0.2, -0.15) is 0 Å². The molecule has 172 valence electrons. The number of fused-ring (bicyclic) bond motifs is 1. The molecule has 0 amide bonds. The van der Waals surface area contributed by atoms with Crippen LogP contribution >= 0.6 is 0 Å². The first-order chi connectivity index (χ1) is 17.0. The molecule has 0 fully saturated rings. The van der Waals surface area contributed by atoms with Gasteiger partial charge in [-0.05, 0) is 31.2 Å². The highest BCUT2D eigenvalue weighted by molar-refractivity contribution is 5.84. The zero-order valence-corrected chi connectivity index (χ0v) is 18.9. The Bertz CT molecular complexity index is 1650. The number of hydrogen-bond donors (Lipinski definition) is 2. The third-order valence-corrected chi connectivity index (χ3v) is 5.45. The maximum absolute atomic E-state index is 13.8. The third kappa shape index (κ3) is 3.85. The highest BCUT2D eigenvalue weighted by atomic mass is 16.4. The molecule has 5 aromatic rings. The number of nitrogen functional groups attached to an aromatic ring is 1. The summed E-state index contributed by atoms with van der Waals surface area (Å²) in [6.45, 7) is 3.54. The number of terminal acetylenes is 1. The van der Waals surface area contributed by atoms with E-state index in [9.17, 15) is 4.79 Å². The maximum Gasteiger partial charge on any atom is 0.267 e. The molecule has 10 heteroatoms. The minimum Gasteiger partial charge on any atom is -0.421 e. The highest BCUT2D eigenvalue weighted by Crippen LogP contribution is 2.32. The molecule has 0 saturated heterocycles. The quantitative estimate of drug-likeness (QED) is 0.375. The molecule has 1 unspecified atom stereocenters. The summed E-state index contributed by atoms with van der Waals surface area (Å²) < 4.78 is 7.11. The molecule has 0 radical (unpaired) electrons. The van der Waals surface area contributed by atoms with E-state index in [4.69, 9.17) is 21.6 Å². The summed E-state index contributed by atoms with van der Waals surface area (Å²) in [6, 6.07) is 14.0. The molecule has 3 heterocycles. The lowest BCUT2D eigenvalue weighted by Gasteiger charge is -2.21. The van der Waals surface area contributed by atoms with Gasteiger partial charge in [0.15, 0.2) is 0 Å². The lowest BCUT2D eigenvalue weighted by molar-refractivity contribution is 0.532. The predicted octanol–water partition coefficient (Wildman–Crippen LogP) is 3.27. The number of nitrogens with two attached hydrogens (primary N) is 1. The molecule has 3 aromatic heterocycles. The van der Waals surface area contributed by atoms with Gasteiger partial charge in [0.1, 0.15) is 29.4 Å². The molecular weight excluding hydrogens is 444 g/mol. The van der Waals surface area contributed by atoms with E-state index in [1.54, 1.807) is 29.7 Å². The fraction of sp³-hybridized carbons (Fsp3) is 0.120. The van der Waals surface area contributed by atoms with Crippen LogP contribution in [0.5, 0.6) is 0 Å². The second-order valence-electron chi connectivity index (χ2n) is 7.76. The predicted molar refractivity (Wildman–Crippen MR) is 132 cm³/mol. The molecule has 3 N–H and O–H groups in total. The van der Waals surface area contributed by atoms with Crippen LogP contribution in [0.2, 0.25) is 0 Å². The van der Waals surface area contributed by atoms with E-state index in [1.165, 1.54) is 6.33 Å².